The lowest BCUT2D eigenvalue weighted by Gasteiger charge is -2.20. The molecule has 0 aliphatic heterocycles. The molecule has 1 aromatic heterocycles. The van der Waals surface area contributed by atoms with Crippen LogP contribution in [0.3, 0.4) is 0 Å². The van der Waals surface area contributed by atoms with Gasteiger partial charge in [0.1, 0.15) is 11.9 Å². The van der Waals surface area contributed by atoms with Gasteiger partial charge in [-0.05, 0) is 41.5 Å². The summed E-state index contributed by atoms with van der Waals surface area (Å²) >= 11 is 1.69. The Balaban J connectivity index is 2.28. The summed E-state index contributed by atoms with van der Waals surface area (Å²) in [7, 11) is 0. The van der Waals surface area contributed by atoms with Gasteiger partial charge < -0.3 is 10.5 Å². The molecular weight excluding hydrogens is 254 g/mol. The highest BCUT2D eigenvalue weighted by molar-refractivity contribution is 7.10. The van der Waals surface area contributed by atoms with E-state index in [1.54, 1.807) is 11.3 Å². The number of aryl methyl sites for hydroxylation is 1. The average molecular weight is 275 g/mol. The molecule has 0 fully saturated rings. The van der Waals surface area contributed by atoms with Crippen LogP contribution in [0.1, 0.15) is 41.9 Å². The predicted molar refractivity (Wildman–Crippen MR) is 82.0 cm³/mol. The normalized spacial score (nSPS) is 12.7. The monoisotopic (exact) mass is 275 g/mol. The highest BCUT2D eigenvalue weighted by atomic mass is 32.1. The first kappa shape index (κ1) is 14.1. The third-order valence-corrected chi connectivity index (χ3v) is 4.10. The van der Waals surface area contributed by atoms with E-state index in [9.17, 15) is 0 Å². The number of thiophene rings is 1. The number of hydrogen-bond donors (Lipinski definition) is 1. The van der Waals surface area contributed by atoms with Crippen molar-refractivity contribution in [2.24, 2.45) is 5.73 Å². The first-order valence-electron chi connectivity index (χ1n) is 6.62. The zero-order chi connectivity index (χ0) is 13.8. The molecule has 0 saturated carbocycles. The lowest BCUT2D eigenvalue weighted by Crippen LogP contribution is -2.18. The minimum Gasteiger partial charge on any atom is -0.483 e. The van der Waals surface area contributed by atoms with Crippen LogP contribution in [0.25, 0.3) is 0 Å². The maximum absolute atomic E-state index is 6.17. The second-order valence-electron chi connectivity index (χ2n) is 5.05. The first-order valence-corrected chi connectivity index (χ1v) is 7.50. The number of hydrogen-bond acceptors (Lipinski definition) is 3. The van der Waals surface area contributed by atoms with Gasteiger partial charge in [-0.2, -0.15) is 0 Å². The van der Waals surface area contributed by atoms with Crippen molar-refractivity contribution in [2.45, 2.75) is 32.8 Å². The van der Waals surface area contributed by atoms with Gasteiger partial charge in [0, 0.05) is 11.4 Å². The van der Waals surface area contributed by atoms with Crippen molar-refractivity contribution in [1.82, 2.24) is 0 Å². The van der Waals surface area contributed by atoms with Crippen molar-refractivity contribution >= 4 is 11.3 Å². The zero-order valence-corrected chi connectivity index (χ0v) is 12.5. The SMILES string of the molecule is Cc1ccc(C(C)C)c(OC(CN)c2cccs2)c1. The summed E-state index contributed by atoms with van der Waals surface area (Å²) in [5, 5.41) is 2.06. The molecule has 3 heteroatoms. The summed E-state index contributed by atoms with van der Waals surface area (Å²) in [6.07, 6.45) is -0.0562. The maximum Gasteiger partial charge on any atom is 0.145 e. The van der Waals surface area contributed by atoms with E-state index in [-0.39, 0.29) is 6.10 Å². The van der Waals surface area contributed by atoms with E-state index in [2.05, 4.69) is 50.4 Å². The molecule has 1 heterocycles. The van der Waals surface area contributed by atoms with Crippen LogP contribution in [0.2, 0.25) is 0 Å². The standard InChI is InChI=1S/C16H21NOS/c1-11(2)13-7-6-12(3)9-14(13)18-15(10-17)16-5-4-8-19-16/h4-9,11,15H,10,17H2,1-3H3. The highest BCUT2D eigenvalue weighted by Crippen LogP contribution is 2.32. The molecule has 1 atom stereocenters. The van der Waals surface area contributed by atoms with Gasteiger partial charge in [0.2, 0.25) is 0 Å². The Hall–Kier alpha value is -1.32. The lowest BCUT2D eigenvalue weighted by atomic mass is 10.0. The summed E-state index contributed by atoms with van der Waals surface area (Å²) in [6, 6.07) is 10.5. The number of benzene rings is 1. The summed E-state index contributed by atoms with van der Waals surface area (Å²) in [6.45, 7) is 6.94. The summed E-state index contributed by atoms with van der Waals surface area (Å²) in [5.74, 6) is 1.40. The van der Waals surface area contributed by atoms with Gasteiger partial charge in [-0.25, -0.2) is 0 Å². The van der Waals surface area contributed by atoms with E-state index in [1.807, 2.05) is 6.07 Å². The molecule has 0 aliphatic carbocycles. The lowest BCUT2D eigenvalue weighted by molar-refractivity contribution is 0.215. The molecule has 1 unspecified atom stereocenters. The highest BCUT2D eigenvalue weighted by Gasteiger charge is 2.16. The van der Waals surface area contributed by atoms with Crippen LogP contribution >= 0.6 is 11.3 Å². The predicted octanol–water partition coefficient (Wildman–Crippen LogP) is 4.26. The van der Waals surface area contributed by atoms with E-state index in [1.165, 1.54) is 16.0 Å². The molecule has 2 aromatic rings. The van der Waals surface area contributed by atoms with Crippen LogP contribution < -0.4 is 10.5 Å². The largest absolute Gasteiger partial charge is 0.483 e. The average Bonchev–Trinajstić information content (AvgIpc) is 2.89. The molecule has 0 saturated heterocycles. The van der Waals surface area contributed by atoms with E-state index in [0.717, 1.165) is 5.75 Å². The third kappa shape index (κ3) is 3.37. The first-order chi connectivity index (χ1) is 9.11. The molecule has 102 valence electrons. The smallest absolute Gasteiger partial charge is 0.145 e. The number of nitrogens with two attached hydrogens (primary N) is 1. The van der Waals surface area contributed by atoms with Crippen molar-refractivity contribution in [3.8, 4) is 5.75 Å². The van der Waals surface area contributed by atoms with Crippen molar-refractivity contribution < 1.29 is 4.74 Å². The molecule has 0 aliphatic rings. The van der Waals surface area contributed by atoms with Crippen molar-refractivity contribution in [2.75, 3.05) is 6.54 Å². The summed E-state index contributed by atoms with van der Waals surface area (Å²) < 4.78 is 6.17. The maximum atomic E-state index is 6.17. The van der Waals surface area contributed by atoms with E-state index in [4.69, 9.17) is 10.5 Å². The number of rotatable bonds is 5. The Labute approximate surface area is 119 Å². The Kier molecular flexibility index (Phi) is 4.61. The quantitative estimate of drug-likeness (QED) is 0.885. The molecule has 0 bridgehead atoms. The van der Waals surface area contributed by atoms with Crippen molar-refractivity contribution in [1.29, 1.82) is 0 Å². The third-order valence-electron chi connectivity index (χ3n) is 3.13. The topological polar surface area (TPSA) is 35.2 Å². The van der Waals surface area contributed by atoms with Gasteiger partial charge in [-0.1, -0.05) is 32.0 Å². The molecular formula is C16H21NOS. The van der Waals surface area contributed by atoms with Crippen LogP contribution in [-0.4, -0.2) is 6.54 Å². The molecule has 0 spiro atoms. The van der Waals surface area contributed by atoms with Gasteiger partial charge in [0.05, 0.1) is 0 Å². The molecule has 2 nitrogen and oxygen atoms in total. The molecule has 1 aromatic carbocycles. The minimum absolute atomic E-state index is 0.0562. The molecule has 2 N–H and O–H groups in total. The van der Waals surface area contributed by atoms with Crippen molar-refractivity contribution in [3.63, 3.8) is 0 Å². The fourth-order valence-electron chi connectivity index (χ4n) is 2.07. The molecule has 2 rings (SSSR count). The Morgan fingerprint density at radius 1 is 1.26 bits per heavy atom. The van der Waals surface area contributed by atoms with Gasteiger partial charge in [-0.3, -0.25) is 0 Å². The summed E-state index contributed by atoms with van der Waals surface area (Å²) in [4.78, 5) is 1.18. The van der Waals surface area contributed by atoms with Crippen LogP contribution in [0.5, 0.6) is 5.75 Å². The van der Waals surface area contributed by atoms with Gasteiger partial charge in [0.15, 0.2) is 0 Å². The molecule has 0 amide bonds. The van der Waals surface area contributed by atoms with E-state index < -0.39 is 0 Å². The van der Waals surface area contributed by atoms with Gasteiger partial charge >= 0.3 is 0 Å². The van der Waals surface area contributed by atoms with E-state index >= 15 is 0 Å². The zero-order valence-electron chi connectivity index (χ0n) is 11.7. The minimum atomic E-state index is -0.0562. The van der Waals surface area contributed by atoms with Crippen LogP contribution in [0.15, 0.2) is 35.7 Å². The van der Waals surface area contributed by atoms with Crippen LogP contribution in [0, 0.1) is 6.92 Å². The molecule has 0 radical (unpaired) electrons. The van der Waals surface area contributed by atoms with Crippen molar-refractivity contribution in [3.05, 3.63) is 51.7 Å². The van der Waals surface area contributed by atoms with Gasteiger partial charge in [-0.15, -0.1) is 11.3 Å². The van der Waals surface area contributed by atoms with Gasteiger partial charge in [0.25, 0.3) is 0 Å². The van der Waals surface area contributed by atoms with Crippen LogP contribution in [0.4, 0.5) is 0 Å². The Morgan fingerprint density at radius 3 is 2.63 bits per heavy atom. The Bertz CT molecular complexity index is 520. The summed E-state index contributed by atoms with van der Waals surface area (Å²) in [5.41, 5.74) is 8.30. The fourth-order valence-corrected chi connectivity index (χ4v) is 2.84. The molecule has 19 heavy (non-hydrogen) atoms. The van der Waals surface area contributed by atoms with E-state index in [0.29, 0.717) is 12.5 Å². The number of ether oxygens (including phenoxy) is 1. The fraction of sp³-hybridized carbons (Fsp3) is 0.375. The Morgan fingerprint density at radius 2 is 2.05 bits per heavy atom. The second-order valence-corrected chi connectivity index (χ2v) is 6.03. The second kappa shape index (κ2) is 6.22. The van der Waals surface area contributed by atoms with Crippen LogP contribution in [-0.2, 0) is 0 Å².